The number of aromatic nitrogens is 3. The maximum atomic E-state index is 4.71. The molecule has 2 aromatic heterocycles. The van der Waals surface area contributed by atoms with E-state index in [9.17, 15) is 0 Å². The van der Waals surface area contributed by atoms with E-state index in [2.05, 4.69) is 33.6 Å². The number of guanidine groups is 1. The standard InChI is InChI=1S/C20H28N6/c1-2-22-20(24-11-8-17-6-4-3-5-7-17)25-15-18-9-10-23-19(14-18)26-13-12-21-16-26/h6,9-10,12-14,16H,2-5,7-8,11,15H2,1H3,(H2,22,24,25). The third-order valence-electron chi connectivity index (χ3n) is 4.47. The van der Waals surface area contributed by atoms with Crippen LogP contribution in [0.15, 0.2) is 53.7 Å². The summed E-state index contributed by atoms with van der Waals surface area (Å²) in [6.45, 7) is 4.48. The van der Waals surface area contributed by atoms with Gasteiger partial charge in [0.25, 0.3) is 0 Å². The zero-order valence-corrected chi connectivity index (χ0v) is 15.5. The largest absolute Gasteiger partial charge is 0.357 e. The van der Waals surface area contributed by atoms with Crippen LogP contribution < -0.4 is 10.6 Å². The Morgan fingerprint density at radius 3 is 3.00 bits per heavy atom. The van der Waals surface area contributed by atoms with Crippen molar-refractivity contribution in [2.75, 3.05) is 13.1 Å². The molecule has 26 heavy (non-hydrogen) atoms. The lowest BCUT2D eigenvalue weighted by atomic mass is 9.97. The number of nitrogens with one attached hydrogen (secondary N) is 2. The summed E-state index contributed by atoms with van der Waals surface area (Å²) in [5, 5.41) is 6.77. The van der Waals surface area contributed by atoms with Gasteiger partial charge in [-0.3, -0.25) is 4.57 Å². The van der Waals surface area contributed by atoms with Crippen LogP contribution in [0.25, 0.3) is 5.82 Å². The highest BCUT2D eigenvalue weighted by molar-refractivity contribution is 5.79. The predicted octanol–water partition coefficient (Wildman–Crippen LogP) is 3.21. The van der Waals surface area contributed by atoms with Crippen molar-refractivity contribution < 1.29 is 0 Å². The lowest BCUT2D eigenvalue weighted by molar-refractivity contribution is 0.665. The van der Waals surface area contributed by atoms with Crippen molar-refractivity contribution in [2.45, 2.75) is 45.6 Å². The van der Waals surface area contributed by atoms with Crippen molar-refractivity contribution in [3.8, 4) is 5.82 Å². The van der Waals surface area contributed by atoms with Crippen LogP contribution in [0.2, 0.25) is 0 Å². The zero-order chi connectivity index (χ0) is 18.0. The highest BCUT2D eigenvalue weighted by Crippen LogP contribution is 2.19. The Morgan fingerprint density at radius 1 is 1.27 bits per heavy atom. The van der Waals surface area contributed by atoms with E-state index in [1.54, 1.807) is 18.1 Å². The fraction of sp³-hybridized carbons (Fsp3) is 0.450. The Morgan fingerprint density at radius 2 is 2.23 bits per heavy atom. The van der Waals surface area contributed by atoms with Crippen molar-refractivity contribution in [1.29, 1.82) is 0 Å². The van der Waals surface area contributed by atoms with Crippen molar-refractivity contribution in [3.05, 3.63) is 54.3 Å². The van der Waals surface area contributed by atoms with Crippen LogP contribution in [0.1, 0.15) is 44.6 Å². The number of allylic oxidation sites excluding steroid dienone is 1. The van der Waals surface area contributed by atoms with Crippen LogP contribution in [0.3, 0.4) is 0 Å². The average molecular weight is 352 g/mol. The minimum Gasteiger partial charge on any atom is -0.357 e. The van der Waals surface area contributed by atoms with Crippen LogP contribution in [-0.4, -0.2) is 33.6 Å². The monoisotopic (exact) mass is 352 g/mol. The number of pyridine rings is 1. The Labute approximate surface area is 155 Å². The average Bonchev–Trinajstić information content (AvgIpc) is 3.22. The summed E-state index contributed by atoms with van der Waals surface area (Å²) < 4.78 is 1.90. The van der Waals surface area contributed by atoms with Gasteiger partial charge in [-0.25, -0.2) is 15.0 Å². The number of hydrogen-bond acceptors (Lipinski definition) is 3. The molecular weight excluding hydrogens is 324 g/mol. The first-order valence-corrected chi connectivity index (χ1v) is 9.48. The van der Waals surface area contributed by atoms with Gasteiger partial charge in [-0.05, 0) is 56.7 Å². The van der Waals surface area contributed by atoms with E-state index in [1.807, 2.05) is 29.1 Å². The van der Waals surface area contributed by atoms with Gasteiger partial charge < -0.3 is 10.6 Å². The molecule has 138 valence electrons. The van der Waals surface area contributed by atoms with E-state index in [-0.39, 0.29) is 0 Å². The van der Waals surface area contributed by atoms with Gasteiger partial charge in [0.2, 0.25) is 0 Å². The van der Waals surface area contributed by atoms with Gasteiger partial charge in [0.15, 0.2) is 5.96 Å². The molecule has 0 fully saturated rings. The first-order chi connectivity index (χ1) is 12.8. The number of rotatable bonds is 7. The molecular formula is C20H28N6. The Kier molecular flexibility index (Phi) is 6.81. The Hall–Kier alpha value is -2.63. The van der Waals surface area contributed by atoms with Crippen LogP contribution >= 0.6 is 0 Å². The molecule has 6 nitrogen and oxygen atoms in total. The molecule has 2 aromatic rings. The Balaban J connectivity index is 1.56. The topological polar surface area (TPSA) is 67.1 Å². The van der Waals surface area contributed by atoms with E-state index in [0.29, 0.717) is 6.54 Å². The van der Waals surface area contributed by atoms with Gasteiger partial charge >= 0.3 is 0 Å². The molecule has 3 rings (SSSR count). The van der Waals surface area contributed by atoms with E-state index in [0.717, 1.165) is 36.9 Å². The van der Waals surface area contributed by atoms with Crippen molar-refractivity contribution in [3.63, 3.8) is 0 Å². The summed E-state index contributed by atoms with van der Waals surface area (Å²) >= 11 is 0. The highest BCUT2D eigenvalue weighted by Gasteiger charge is 2.04. The summed E-state index contributed by atoms with van der Waals surface area (Å²) in [7, 11) is 0. The van der Waals surface area contributed by atoms with Gasteiger partial charge in [0, 0.05) is 31.7 Å². The SMILES string of the molecule is CCNC(=NCc1ccnc(-n2ccnc2)c1)NCCC1=CCCCC1. The summed E-state index contributed by atoms with van der Waals surface area (Å²) in [6.07, 6.45) is 15.9. The fourth-order valence-electron chi connectivity index (χ4n) is 3.08. The molecule has 0 spiro atoms. The molecule has 0 radical (unpaired) electrons. The minimum absolute atomic E-state index is 0.613. The molecule has 2 N–H and O–H groups in total. The van der Waals surface area contributed by atoms with Gasteiger partial charge in [0.1, 0.15) is 12.1 Å². The van der Waals surface area contributed by atoms with Crippen LogP contribution in [0.5, 0.6) is 0 Å². The molecule has 1 aliphatic carbocycles. The summed E-state index contributed by atoms with van der Waals surface area (Å²) in [5.41, 5.74) is 2.70. The second-order valence-corrected chi connectivity index (χ2v) is 6.47. The summed E-state index contributed by atoms with van der Waals surface area (Å²) in [4.78, 5) is 13.2. The molecule has 1 aliphatic rings. The maximum Gasteiger partial charge on any atom is 0.191 e. The second-order valence-electron chi connectivity index (χ2n) is 6.47. The third kappa shape index (κ3) is 5.44. The quantitative estimate of drug-likeness (QED) is 0.456. The lowest BCUT2D eigenvalue weighted by Crippen LogP contribution is -2.37. The van der Waals surface area contributed by atoms with E-state index in [1.165, 1.54) is 25.7 Å². The molecule has 2 heterocycles. The number of imidazole rings is 1. The summed E-state index contributed by atoms with van der Waals surface area (Å²) in [5.74, 6) is 1.72. The van der Waals surface area contributed by atoms with Crippen LogP contribution in [-0.2, 0) is 6.54 Å². The first-order valence-electron chi connectivity index (χ1n) is 9.48. The second kappa shape index (κ2) is 9.75. The van der Waals surface area contributed by atoms with Crippen LogP contribution in [0, 0.1) is 0 Å². The van der Waals surface area contributed by atoms with Gasteiger partial charge in [0.05, 0.1) is 6.54 Å². The zero-order valence-electron chi connectivity index (χ0n) is 15.5. The molecule has 0 unspecified atom stereocenters. The first kappa shape index (κ1) is 18.2. The Bertz CT molecular complexity index is 733. The van der Waals surface area contributed by atoms with Crippen molar-refractivity contribution >= 4 is 5.96 Å². The van der Waals surface area contributed by atoms with Gasteiger partial charge in [-0.15, -0.1) is 0 Å². The molecule has 0 aliphatic heterocycles. The molecule has 0 saturated carbocycles. The minimum atomic E-state index is 0.613. The molecule has 6 heteroatoms. The predicted molar refractivity (Wildman–Crippen MR) is 105 cm³/mol. The number of aliphatic imine (C=N–C) groups is 1. The molecule has 0 saturated heterocycles. The number of nitrogens with zero attached hydrogens (tertiary/aromatic N) is 4. The third-order valence-corrected chi connectivity index (χ3v) is 4.47. The molecule has 0 aromatic carbocycles. The smallest absolute Gasteiger partial charge is 0.191 e. The summed E-state index contributed by atoms with van der Waals surface area (Å²) in [6, 6.07) is 4.04. The number of hydrogen-bond donors (Lipinski definition) is 2. The molecule has 0 bridgehead atoms. The maximum absolute atomic E-state index is 4.71. The van der Waals surface area contributed by atoms with Crippen molar-refractivity contribution in [2.24, 2.45) is 4.99 Å². The normalized spacial score (nSPS) is 14.8. The van der Waals surface area contributed by atoms with E-state index in [4.69, 9.17) is 4.99 Å². The van der Waals surface area contributed by atoms with E-state index >= 15 is 0 Å². The fourth-order valence-corrected chi connectivity index (χ4v) is 3.08. The highest BCUT2D eigenvalue weighted by atomic mass is 15.2. The molecule has 0 amide bonds. The van der Waals surface area contributed by atoms with Crippen molar-refractivity contribution in [1.82, 2.24) is 25.2 Å². The lowest BCUT2D eigenvalue weighted by Gasteiger charge is -2.15. The molecule has 0 atom stereocenters. The van der Waals surface area contributed by atoms with E-state index < -0.39 is 0 Å². The van der Waals surface area contributed by atoms with Gasteiger partial charge in [-0.2, -0.15) is 0 Å². The van der Waals surface area contributed by atoms with Gasteiger partial charge in [-0.1, -0.05) is 11.6 Å². The van der Waals surface area contributed by atoms with Crippen LogP contribution in [0.4, 0.5) is 0 Å².